The molecule has 1 aliphatic carbocycles. The number of hydrogen-bond donors (Lipinski definition) is 0. The molecule has 2 heterocycles. The van der Waals surface area contributed by atoms with Crippen molar-refractivity contribution in [1.29, 1.82) is 0 Å². The van der Waals surface area contributed by atoms with E-state index in [9.17, 15) is 8.42 Å². The van der Waals surface area contributed by atoms with E-state index in [2.05, 4.69) is 35.2 Å². The molecule has 0 radical (unpaired) electrons. The Morgan fingerprint density at radius 2 is 1.80 bits per heavy atom. The average Bonchev–Trinajstić information content (AvgIpc) is 3.29. The van der Waals surface area contributed by atoms with Gasteiger partial charge in [-0.2, -0.15) is 0 Å². The Balaban J connectivity index is 1.40. The van der Waals surface area contributed by atoms with Crippen molar-refractivity contribution >= 4 is 15.6 Å². The van der Waals surface area contributed by atoms with Crippen molar-refractivity contribution in [3.8, 4) is 0 Å². The summed E-state index contributed by atoms with van der Waals surface area (Å²) in [4.78, 5) is 2.55. The summed E-state index contributed by atoms with van der Waals surface area (Å²) in [7, 11) is -3.07. The van der Waals surface area contributed by atoms with E-state index in [4.69, 9.17) is 0 Å². The summed E-state index contributed by atoms with van der Waals surface area (Å²) in [5, 5.41) is 0. The first-order valence-corrected chi connectivity index (χ1v) is 11.3. The van der Waals surface area contributed by atoms with E-state index in [-0.39, 0.29) is 0 Å². The quantitative estimate of drug-likeness (QED) is 0.810. The fraction of sp³-hybridized carbons (Fsp3) is 0.600. The van der Waals surface area contributed by atoms with Crippen molar-refractivity contribution in [3.63, 3.8) is 0 Å². The highest BCUT2D eigenvalue weighted by Gasteiger charge is 2.41. The number of likely N-dealkylation sites (tertiary alicyclic amines) is 1. The summed E-state index contributed by atoms with van der Waals surface area (Å²) in [5.74, 6) is 0.824. The smallest absolute Gasteiger partial charge is 0.211 e. The third-order valence-electron chi connectivity index (χ3n) is 6.12. The van der Waals surface area contributed by atoms with Gasteiger partial charge in [0.25, 0.3) is 0 Å². The fourth-order valence-corrected chi connectivity index (χ4v) is 5.51. The van der Waals surface area contributed by atoms with Gasteiger partial charge in [0.05, 0.1) is 6.26 Å². The van der Waals surface area contributed by atoms with Gasteiger partial charge in [-0.15, -0.1) is 0 Å². The molecule has 25 heavy (non-hydrogen) atoms. The van der Waals surface area contributed by atoms with Crippen LogP contribution < -0.4 is 0 Å². The van der Waals surface area contributed by atoms with E-state index in [0.717, 1.165) is 19.4 Å². The molecule has 0 aromatic heterocycles. The number of rotatable bonds is 5. The van der Waals surface area contributed by atoms with Crippen molar-refractivity contribution in [3.05, 3.63) is 41.5 Å². The van der Waals surface area contributed by atoms with Gasteiger partial charge in [-0.25, -0.2) is 12.7 Å². The van der Waals surface area contributed by atoms with E-state index in [1.807, 2.05) is 0 Å². The third-order valence-corrected chi connectivity index (χ3v) is 7.36. The lowest BCUT2D eigenvalue weighted by Gasteiger charge is -2.16. The number of hydrogen-bond acceptors (Lipinski definition) is 3. The molecule has 0 bridgehead atoms. The van der Waals surface area contributed by atoms with E-state index in [1.165, 1.54) is 48.9 Å². The summed E-state index contributed by atoms with van der Waals surface area (Å²) in [6, 6.07) is 8.97. The van der Waals surface area contributed by atoms with Crippen LogP contribution in [0.5, 0.6) is 0 Å². The molecular formula is C20H28N2O2S. The lowest BCUT2D eigenvalue weighted by molar-refractivity contribution is 0.343. The first kappa shape index (κ1) is 17.3. The molecule has 0 amide bonds. The Kier molecular flexibility index (Phi) is 4.73. The van der Waals surface area contributed by atoms with Crippen molar-refractivity contribution in [1.82, 2.24) is 9.21 Å². The summed E-state index contributed by atoms with van der Waals surface area (Å²) in [6.07, 6.45) is 8.47. The molecule has 1 aromatic rings. The largest absolute Gasteiger partial charge is 0.303 e. The number of fused-ring (bicyclic) bond motifs is 1. The molecular weight excluding hydrogens is 332 g/mol. The minimum Gasteiger partial charge on any atom is -0.303 e. The molecule has 1 aromatic carbocycles. The number of benzene rings is 1. The second kappa shape index (κ2) is 6.86. The highest BCUT2D eigenvalue weighted by atomic mass is 32.2. The van der Waals surface area contributed by atoms with Crippen LogP contribution in [0.2, 0.25) is 0 Å². The Labute approximate surface area is 151 Å². The van der Waals surface area contributed by atoms with Crippen LogP contribution in [0.3, 0.4) is 0 Å². The molecule has 2 aliphatic heterocycles. The first-order chi connectivity index (χ1) is 12.0. The zero-order chi connectivity index (χ0) is 17.4. The van der Waals surface area contributed by atoms with Gasteiger partial charge in [0.2, 0.25) is 10.0 Å². The SMILES string of the molecule is CS(=O)(=O)N1CC2C(c3ccc(CCN4CCCC4)cc3)=CC[C@@H]2C1. The monoisotopic (exact) mass is 360 g/mol. The summed E-state index contributed by atoms with van der Waals surface area (Å²) >= 11 is 0. The van der Waals surface area contributed by atoms with E-state index in [1.54, 1.807) is 4.31 Å². The average molecular weight is 361 g/mol. The number of allylic oxidation sites excluding steroid dienone is 1. The van der Waals surface area contributed by atoms with Crippen molar-refractivity contribution in [2.75, 3.05) is 39.0 Å². The molecule has 2 saturated heterocycles. The van der Waals surface area contributed by atoms with Crippen molar-refractivity contribution in [2.24, 2.45) is 11.8 Å². The van der Waals surface area contributed by atoms with Crippen LogP contribution in [0.1, 0.15) is 30.4 Å². The summed E-state index contributed by atoms with van der Waals surface area (Å²) in [5.41, 5.74) is 4.02. The van der Waals surface area contributed by atoms with Crippen LogP contribution >= 0.6 is 0 Å². The van der Waals surface area contributed by atoms with E-state index < -0.39 is 10.0 Å². The molecule has 2 fully saturated rings. The molecule has 3 aliphatic rings. The van der Waals surface area contributed by atoms with Crippen LogP contribution in [-0.2, 0) is 16.4 Å². The Morgan fingerprint density at radius 3 is 2.48 bits per heavy atom. The van der Waals surface area contributed by atoms with Crippen molar-refractivity contribution in [2.45, 2.75) is 25.7 Å². The van der Waals surface area contributed by atoms with Gasteiger partial charge < -0.3 is 4.90 Å². The predicted molar refractivity (Wildman–Crippen MR) is 102 cm³/mol. The maximum atomic E-state index is 11.8. The zero-order valence-corrected chi connectivity index (χ0v) is 15.8. The highest BCUT2D eigenvalue weighted by molar-refractivity contribution is 7.88. The second-order valence-corrected chi connectivity index (χ2v) is 9.82. The molecule has 4 rings (SSSR count). The topological polar surface area (TPSA) is 40.6 Å². The van der Waals surface area contributed by atoms with Crippen LogP contribution in [0.25, 0.3) is 5.57 Å². The minimum absolute atomic E-state index is 0.366. The van der Waals surface area contributed by atoms with Crippen LogP contribution in [-0.4, -0.2) is 56.6 Å². The van der Waals surface area contributed by atoms with E-state index >= 15 is 0 Å². The maximum absolute atomic E-state index is 11.8. The van der Waals surface area contributed by atoms with Crippen LogP contribution in [0.15, 0.2) is 30.3 Å². The van der Waals surface area contributed by atoms with Gasteiger partial charge in [-0.3, -0.25) is 0 Å². The molecule has 1 unspecified atom stereocenters. The normalized spacial score (nSPS) is 27.6. The van der Waals surface area contributed by atoms with Gasteiger partial charge >= 0.3 is 0 Å². The highest BCUT2D eigenvalue weighted by Crippen LogP contribution is 2.43. The van der Waals surface area contributed by atoms with Gasteiger partial charge in [-0.1, -0.05) is 30.3 Å². The van der Waals surface area contributed by atoms with Gasteiger partial charge in [0.1, 0.15) is 0 Å². The molecule has 0 saturated carbocycles. The summed E-state index contributed by atoms with van der Waals surface area (Å²) in [6.45, 7) is 5.00. The maximum Gasteiger partial charge on any atom is 0.211 e. The van der Waals surface area contributed by atoms with Gasteiger partial charge in [0, 0.05) is 25.6 Å². The Bertz CT molecular complexity index is 748. The van der Waals surface area contributed by atoms with Crippen LogP contribution in [0.4, 0.5) is 0 Å². The second-order valence-electron chi connectivity index (χ2n) is 7.84. The number of sulfonamides is 1. The van der Waals surface area contributed by atoms with Crippen LogP contribution in [0, 0.1) is 11.8 Å². The molecule has 0 spiro atoms. The standard InChI is InChI=1S/C20H28N2O2S/c1-25(23,24)22-14-18-8-9-19(20(18)15-22)17-6-4-16(5-7-17)10-13-21-11-2-3-12-21/h4-7,9,18,20H,2-3,8,10-15H2,1H3/t18-,20?/m1/s1. The first-order valence-electron chi connectivity index (χ1n) is 9.47. The molecule has 2 atom stereocenters. The summed E-state index contributed by atoms with van der Waals surface area (Å²) < 4.78 is 25.3. The van der Waals surface area contributed by atoms with Crippen molar-refractivity contribution < 1.29 is 8.42 Å². The molecule has 136 valence electrons. The minimum atomic E-state index is -3.07. The Hall–Kier alpha value is -1.17. The van der Waals surface area contributed by atoms with Gasteiger partial charge in [0.15, 0.2) is 0 Å². The lowest BCUT2D eigenvalue weighted by Crippen LogP contribution is -2.28. The third kappa shape index (κ3) is 3.69. The molecule has 5 heteroatoms. The predicted octanol–water partition coefficient (Wildman–Crippen LogP) is 2.62. The van der Waals surface area contributed by atoms with Gasteiger partial charge in [-0.05, 0) is 61.4 Å². The molecule has 0 N–H and O–H groups in total. The fourth-order valence-electron chi connectivity index (χ4n) is 4.61. The van der Waals surface area contributed by atoms with E-state index in [0.29, 0.717) is 24.9 Å². The molecule has 4 nitrogen and oxygen atoms in total. The lowest BCUT2D eigenvalue weighted by atomic mass is 9.90. The Morgan fingerprint density at radius 1 is 1.08 bits per heavy atom. The zero-order valence-electron chi connectivity index (χ0n) is 15.0. The number of nitrogens with zero attached hydrogens (tertiary/aromatic N) is 2.